The molecule has 1 unspecified atom stereocenters. The maximum Gasteiger partial charge on any atom is 0.137 e. The van der Waals surface area contributed by atoms with Gasteiger partial charge in [-0.3, -0.25) is 4.98 Å². The number of likely N-dealkylation sites (N-methyl/N-ethyl adjacent to an activating group) is 1. The van der Waals surface area contributed by atoms with E-state index in [1.54, 1.807) is 13.3 Å². The lowest BCUT2D eigenvalue weighted by atomic mass is 10.1. The third-order valence-corrected chi connectivity index (χ3v) is 2.32. The van der Waals surface area contributed by atoms with Gasteiger partial charge >= 0.3 is 0 Å². The van der Waals surface area contributed by atoms with E-state index in [4.69, 9.17) is 9.47 Å². The van der Waals surface area contributed by atoms with E-state index in [0.717, 1.165) is 11.3 Å². The average molecular weight is 224 g/mol. The summed E-state index contributed by atoms with van der Waals surface area (Å²) in [5.74, 6) is 0.766. The van der Waals surface area contributed by atoms with E-state index in [2.05, 4.69) is 10.3 Å². The van der Waals surface area contributed by atoms with E-state index >= 15 is 0 Å². The molecule has 1 atom stereocenters. The average Bonchev–Trinajstić information content (AvgIpc) is 2.30. The molecule has 1 aromatic heterocycles. The number of pyridine rings is 1. The minimum atomic E-state index is 0.144. The first-order valence-corrected chi connectivity index (χ1v) is 5.45. The molecule has 1 rings (SSSR count). The Hall–Kier alpha value is -1.13. The molecule has 0 aliphatic carbocycles. The molecule has 16 heavy (non-hydrogen) atoms. The van der Waals surface area contributed by atoms with Crippen molar-refractivity contribution >= 4 is 0 Å². The van der Waals surface area contributed by atoms with Crippen molar-refractivity contribution in [2.24, 2.45) is 0 Å². The molecule has 0 fully saturated rings. The highest BCUT2D eigenvalue weighted by Gasteiger charge is 2.11. The highest BCUT2D eigenvalue weighted by atomic mass is 16.5. The Kier molecular flexibility index (Phi) is 5.22. The lowest BCUT2D eigenvalue weighted by Gasteiger charge is -2.18. The van der Waals surface area contributed by atoms with Crippen LogP contribution >= 0.6 is 0 Å². The molecule has 0 radical (unpaired) electrons. The van der Waals surface area contributed by atoms with Gasteiger partial charge in [0, 0.05) is 6.20 Å². The van der Waals surface area contributed by atoms with E-state index in [1.165, 1.54) is 0 Å². The fourth-order valence-electron chi connectivity index (χ4n) is 1.37. The number of nitrogens with one attached hydrogen (secondary N) is 1. The van der Waals surface area contributed by atoms with Crippen molar-refractivity contribution in [3.8, 4) is 5.75 Å². The van der Waals surface area contributed by atoms with Crippen molar-refractivity contribution in [1.29, 1.82) is 0 Å². The Morgan fingerprint density at radius 3 is 2.69 bits per heavy atom. The summed E-state index contributed by atoms with van der Waals surface area (Å²) in [6.45, 7) is 4.68. The number of methoxy groups -OCH3 is 1. The molecule has 0 aromatic carbocycles. The van der Waals surface area contributed by atoms with Gasteiger partial charge in [-0.05, 0) is 32.5 Å². The normalized spacial score (nSPS) is 12.8. The molecule has 0 bridgehead atoms. The molecule has 90 valence electrons. The van der Waals surface area contributed by atoms with Crippen LogP contribution in [-0.2, 0) is 4.74 Å². The van der Waals surface area contributed by atoms with Crippen LogP contribution in [0.5, 0.6) is 5.75 Å². The minimum Gasteiger partial charge on any atom is -0.495 e. The summed E-state index contributed by atoms with van der Waals surface area (Å²) >= 11 is 0. The van der Waals surface area contributed by atoms with Crippen molar-refractivity contribution in [1.82, 2.24) is 10.3 Å². The summed E-state index contributed by atoms with van der Waals surface area (Å²) in [4.78, 5) is 4.13. The summed E-state index contributed by atoms with van der Waals surface area (Å²) in [7, 11) is 3.55. The lowest BCUT2D eigenvalue weighted by Crippen LogP contribution is -2.23. The van der Waals surface area contributed by atoms with Gasteiger partial charge in [0.1, 0.15) is 5.75 Å². The molecular formula is C12H20N2O2. The largest absolute Gasteiger partial charge is 0.495 e. The van der Waals surface area contributed by atoms with E-state index in [0.29, 0.717) is 6.61 Å². The van der Waals surface area contributed by atoms with Gasteiger partial charge in [-0.1, -0.05) is 0 Å². The van der Waals surface area contributed by atoms with Gasteiger partial charge in [-0.25, -0.2) is 0 Å². The van der Waals surface area contributed by atoms with Gasteiger partial charge in [0.2, 0.25) is 0 Å². The van der Waals surface area contributed by atoms with Crippen molar-refractivity contribution in [2.45, 2.75) is 26.0 Å². The lowest BCUT2D eigenvalue weighted by molar-refractivity contribution is 0.0625. The van der Waals surface area contributed by atoms with Crippen LogP contribution in [-0.4, -0.2) is 31.9 Å². The predicted molar refractivity (Wildman–Crippen MR) is 63.7 cm³/mol. The Labute approximate surface area is 97.0 Å². The molecule has 1 heterocycles. The molecule has 0 saturated heterocycles. The smallest absolute Gasteiger partial charge is 0.137 e. The number of nitrogens with zero attached hydrogens (tertiary/aromatic N) is 1. The van der Waals surface area contributed by atoms with E-state index < -0.39 is 0 Å². The van der Waals surface area contributed by atoms with Gasteiger partial charge in [-0.2, -0.15) is 0 Å². The quantitative estimate of drug-likeness (QED) is 0.800. The maximum absolute atomic E-state index is 5.59. The molecule has 1 N–H and O–H groups in total. The van der Waals surface area contributed by atoms with Crippen LogP contribution in [0, 0.1) is 0 Å². The van der Waals surface area contributed by atoms with Crippen LogP contribution in [0.1, 0.15) is 25.5 Å². The van der Waals surface area contributed by atoms with Gasteiger partial charge in [0.15, 0.2) is 0 Å². The van der Waals surface area contributed by atoms with Gasteiger partial charge in [0.05, 0.1) is 32.1 Å². The van der Waals surface area contributed by atoms with Gasteiger partial charge in [0.25, 0.3) is 0 Å². The van der Waals surface area contributed by atoms with Crippen molar-refractivity contribution < 1.29 is 9.47 Å². The van der Waals surface area contributed by atoms with E-state index in [9.17, 15) is 0 Å². The Bertz CT molecular complexity index is 316. The topological polar surface area (TPSA) is 43.4 Å². The molecule has 4 nitrogen and oxygen atoms in total. The number of aromatic nitrogens is 1. The Morgan fingerprint density at radius 1 is 1.38 bits per heavy atom. The third kappa shape index (κ3) is 3.79. The fraction of sp³-hybridized carbons (Fsp3) is 0.583. The minimum absolute atomic E-state index is 0.144. The molecule has 0 amide bonds. The van der Waals surface area contributed by atoms with Crippen LogP contribution in [0.4, 0.5) is 0 Å². The predicted octanol–water partition coefficient (Wildman–Crippen LogP) is 1.78. The van der Waals surface area contributed by atoms with Crippen molar-refractivity contribution in [3.05, 3.63) is 24.0 Å². The van der Waals surface area contributed by atoms with Crippen LogP contribution < -0.4 is 10.1 Å². The zero-order chi connectivity index (χ0) is 12.0. The van der Waals surface area contributed by atoms with E-state index in [1.807, 2.05) is 33.2 Å². The standard InChI is InChI=1S/C12H20N2O2/c1-9(2)16-8-12(13-3)10-5-11(15-4)7-14-6-10/h5-7,9,12-13H,8H2,1-4H3. The molecule has 0 aliphatic heterocycles. The summed E-state index contributed by atoms with van der Waals surface area (Å²) in [6, 6.07) is 2.11. The molecule has 0 aliphatic rings. The van der Waals surface area contributed by atoms with Crippen molar-refractivity contribution in [3.63, 3.8) is 0 Å². The highest BCUT2D eigenvalue weighted by molar-refractivity contribution is 5.25. The first kappa shape index (κ1) is 12.9. The summed E-state index contributed by atoms with van der Waals surface area (Å²) in [5, 5.41) is 3.20. The molecule has 0 saturated carbocycles. The summed E-state index contributed by atoms with van der Waals surface area (Å²) < 4.78 is 10.7. The SMILES string of the molecule is CNC(COC(C)C)c1cncc(OC)c1. The van der Waals surface area contributed by atoms with Gasteiger partial charge in [-0.15, -0.1) is 0 Å². The summed E-state index contributed by atoms with van der Waals surface area (Å²) in [5.41, 5.74) is 1.07. The van der Waals surface area contributed by atoms with Crippen LogP contribution in [0.3, 0.4) is 0 Å². The second-order valence-corrected chi connectivity index (χ2v) is 3.88. The van der Waals surface area contributed by atoms with Crippen LogP contribution in [0.2, 0.25) is 0 Å². The number of hydrogen-bond donors (Lipinski definition) is 1. The van der Waals surface area contributed by atoms with Crippen molar-refractivity contribution in [2.75, 3.05) is 20.8 Å². The second-order valence-electron chi connectivity index (χ2n) is 3.88. The molecule has 1 aromatic rings. The first-order valence-electron chi connectivity index (χ1n) is 5.45. The number of ether oxygens (including phenoxy) is 2. The van der Waals surface area contributed by atoms with Crippen LogP contribution in [0.15, 0.2) is 18.5 Å². The van der Waals surface area contributed by atoms with Gasteiger partial charge < -0.3 is 14.8 Å². The Balaban J connectivity index is 2.70. The maximum atomic E-state index is 5.59. The first-order chi connectivity index (χ1) is 7.67. The zero-order valence-electron chi connectivity index (χ0n) is 10.4. The second kappa shape index (κ2) is 6.45. The number of hydrogen-bond acceptors (Lipinski definition) is 4. The molecule has 0 spiro atoms. The summed E-state index contributed by atoms with van der Waals surface area (Å²) in [6.07, 6.45) is 3.75. The van der Waals surface area contributed by atoms with E-state index in [-0.39, 0.29) is 12.1 Å². The zero-order valence-corrected chi connectivity index (χ0v) is 10.4. The molecular weight excluding hydrogens is 204 g/mol. The highest BCUT2D eigenvalue weighted by Crippen LogP contribution is 2.17. The monoisotopic (exact) mass is 224 g/mol. The third-order valence-electron chi connectivity index (χ3n) is 2.32. The van der Waals surface area contributed by atoms with Crippen LogP contribution in [0.25, 0.3) is 0 Å². The molecule has 4 heteroatoms. The Morgan fingerprint density at radius 2 is 2.12 bits per heavy atom. The fourth-order valence-corrected chi connectivity index (χ4v) is 1.37. The number of rotatable bonds is 6.